The number of rotatable bonds is 8. The summed E-state index contributed by atoms with van der Waals surface area (Å²) in [5.41, 5.74) is 3.71. The van der Waals surface area contributed by atoms with Gasteiger partial charge >= 0.3 is 0 Å². The van der Waals surface area contributed by atoms with Crippen LogP contribution in [0.4, 0.5) is 11.4 Å². The van der Waals surface area contributed by atoms with E-state index >= 15 is 0 Å². The predicted octanol–water partition coefficient (Wildman–Crippen LogP) is 4.67. The van der Waals surface area contributed by atoms with Gasteiger partial charge in [0.15, 0.2) is 0 Å². The first kappa shape index (κ1) is 25.9. The van der Waals surface area contributed by atoms with E-state index in [4.69, 9.17) is 0 Å². The molecule has 2 aromatic rings. The van der Waals surface area contributed by atoms with Gasteiger partial charge in [-0.15, -0.1) is 0 Å². The Morgan fingerprint density at radius 2 is 1.83 bits per heavy atom. The van der Waals surface area contributed by atoms with Gasteiger partial charge in [-0.25, -0.2) is 0 Å². The van der Waals surface area contributed by atoms with Crippen molar-refractivity contribution in [2.75, 3.05) is 37.4 Å². The van der Waals surface area contributed by atoms with Crippen molar-refractivity contribution in [2.24, 2.45) is 5.92 Å². The van der Waals surface area contributed by atoms with Crippen molar-refractivity contribution in [2.45, 2.75) is 57.9 Å². The fourth-order valence-electron chi connectivity index (χ4n) is 5.33. The summed E-state index contributed by atoms with van der Waals surface area (Å²) in [5, 5.41) is 6.03. The van der Waals surface area contributed by atoms with Gasteiger partial charge in [-0.3, -0.25) is 14.4 Å². The van der Waals surface area contributed by atoms with Crippen molar-refractivity contribution < 1.29 is 14.4 Å². The van der Waals surface area contributed by atoms with Gasteiger partial charge in [0.25, 0.3) is 5.91 Å². The van der Waals surface area contributed by atoms with Gasteiger partial charge in [0, 0.05) is 32.1 Å². The molecule has 2 aromatic carbocycles. The molecular formula is C29H38N4O3. The largest absolute Gasteiger partial charge is 0.340 e. The van der Waals surface area contributed by atoms with Crippen LogP contribution < -0.4 is 15.5 Å². The van der Waals surface area contributed by atoms with Crippen molar-refractivity contribution in [1.82, 2.24) is 10.2 Å². The van der Waals surface area contributed by atoms with Crippen LogP contribution in [-0.4, -0.2) is 49.8 Å². The Balaban J connectivity index is 1.69. The number of hydrogen-bond donors (Lipinski definition) is 2. The number of fused-ring (bicyclic) bond motifs is 1. The Bertz CT molecular complexity index is 1090. The zero-order valence-electron chi connectivity index (χ0n) is 21.7. The Morgan fingerprint density at radius 3 is 2.53 bits per heavy atom. The summed E-state index contributed by atoms with van der Waals surface area (Å²) in [6, 6.07) is 12.9. The fraction of sp³-hybridized carbons (Fsp3) is 0.483. The van der Waals surface area contributed by atoms with Crippen LogP contribution in [-0.2, 0) is 9.59 Å². The number of aryl methyl sites for hydroxylation is 1. The molecule has 1 heterocycles. The molecule has 7 nitrogen and oxygen atoms in total. The number of amides is 3. The van der Waals surface area contributed by atoms with Crippen LogP contribution in [0.5, 0.6) is 0 Å². The van der Waals surface area contributed by atoms with Gasteiger partial charge in [-0.2, -0.15) is 0 Å². The van der Waals surface area contributed by atoms with E-state index in [-0.39, 0.29) is 24.1 Å². The lowest BCUT2D eigenvalue weighted by atomic mass is 9.97. The highest BCUT2D eigenvalue weighted by Crippen LogP contribution is 2.40. The van der Waals surface area contributed by atoms with Crippen LogP contribution in [0.2, 0.25) is 0 Å². The third kappa shape index (κ3) is 5.95. The van der Waals surface area contributed by atoms with Gasteiger partial charge in [0.1, 0.15) is 0 Å². The lowest BCUT2D eigenvalue weighted by molar-refractivity contribution is -0.119. The molecule has 0 aromatic heterocycles. The van der Waals surface area contributed by atoms with Crippen LogP contribution in [0.3, 0.4) is 0 Å². The lowest BCUT2D eigenvalue weighted by Gasteiger charge is -2.31. The SMILES string of the molecule is CNCCN(C)C(=O)c1ccc2c(c1)NC(=O)CC(c1ccc(C)cc1)N2C(=O)CCC1CCCC1. The molecule has 3 amide bonds. The normalized spacial score (nSPS) is 17.9. The summed E-state index contributed by atoms with van der Waals surface area (Å²) >= 11 is 0. The number of likely N-dealkylation sites (N-methyl/N-ethyl adjacent to an activating group) is 2. The molecule has 4 rings (SSSR count). The number of benzene rings is 2. The van der Waals surface area contributed by atoms with Crippen LogP contribution in [0.25, 0.3) is 0 Å². The maximum Gasteiger partial charge on any atom is 0.253 e. The average Bonchev–Trinajstić information content (AvgIpc) is 3.35. The predicted molar refractivity (Wildman–Crippen MR) is 143 cm³/mol. The van der Waals surface area contributed by atoms with Gasteiger partial charge in [-0.1, -0.05) is 55.5 Å². The first-order chi connectivity index (χ1) is 17.4. The minimum atomic E-state index is -0.400. The second kappa shape index (κ2) is 11.7. The number of carbonyl (C=O) groups is 3. The molecular weight excluding hydrogens is 452 g/mol. The summed E-state index contributed by atoms with van der Waals surface area (Å²) < 4.78 is 0. The smallest absolute Gasteiger partial charge is 0.253 e. The molecule has 1 aliphatic heterocycles. The van der Waals surface area contributed by atoms with Crippen molar-refractivity contribution in [1.29, 1.82) is 0 Å². The summed E-state index contributed by atoms with van der Waals surface area (Å²) in [6.45, 7) is 3.28. The molecule has 192 valence electrons. The van der Waals surface area contributed by atoms with Gasteiger partial charge < -0.3 is 20.4 Å². The van der Waals surface area contributed by atoms with Crippen molar-refractivity contribution in [3.05, 3.63) is 59.2 Å². The number of carbonyl (C=O) groups excluding carboxylic acids is 3. The molecule has 36 heavy (non-hydrogen) atoms. The van der Waals surface area contributed by atoms with Gasteiger partial charge in [-0.05, 0) is 50.1 Å². The van der Waals surface area contributed by atoms with E-state index in [2.05, 4.69) is 10.6 Å². The number of hydrogen-bond acceptors (Lipinski definition) is 4. The van der Waals surface area contributed by atoms with Crippen LogP contribution >= 0.6 is 0 Å². The van der Waals surface area contributed by atoms with E-state index in [0.29, 0.717) is 42.4 Å². The average molecular weight is 491 g/mol. The van der Waals surface area contributed by atoms with E-state index in [9.17, 15) is 14.4 Å². The summed E-state index contributed by atoms with van der Waals surface area (Å²) in [5.74, 6) is 0.336. The number of nitrogens with zero attached hydrogens (tertiary/aromatic N) is 2. The van der Waals surface area contributed by atoms with Crippen molar-refractivity contribution >= 4 is 29.1 Å². The van der Waals surface area contributed by atoms with Crippen LogP contribution in [0.1, 0.15) is 72.5 Å². The third-order valence-electron chi connectivity index (χ3n) is 7.48. The maximum atomic E-state index is 13.8. The van der Waals surface area contributed by atoms with E-state index in [1.807, 2.05) is 44.3 Å². The minimum Gasteiger partial charge on any atom is -0.340 e. The highest BCUT2D eigenvalue weighted by atomic mass is 16.2. The first-order valence-corrected chi connectivity index (χ1v) is 13.1. The quantitative estimate of drug-likeness (QED) is 0.563. The number of anilines is 2. The molecule has 1 saturated carbocycles. The second-order valence-corrected chi connectivity index (χ2v) is 10.2. The topological polar surface area (TPSA) is 81.8 Å². The summed E-state index contributed by atoms with van der Waals surface area (Å²) in [4.78, 5) is 43.3. The van der Waals surface area contributed by atoms with Crippen molar-refractivity contribution in [3.8, 4) is 0 Å². The minimum absolute atomic E-state index is 0.0236. The standard InChI is InChI=1S/C29H38N4O3/c1-20-8-11-22(12-9-20)26-19-27(34)31-24-18-23(29(36)32(3)17-16-30-2)13-14-25(24)33(26)28(35)15-10-21-6-4-5-7-21/h8-9,11-14,18,21,26,30H,4-7,10,15-17,19H2,1-3H3,(H,31,34). The molecule has 2 N–H and O–H groups in total. The fourth-order valence-corrected chi connectivity index (χ4v) is 5.33. The van der Waals surface area contributed by atoms with Gasteiger partial charge in [0.2, 0.25) is 11.8 Å². The molecule has 2 aliphatic rings. The van der Waals surface area contributed by atoms with E-state index in [1.165, 1.54) is 25.7 Å². The zero-order chi connectivity index (χ0) is 25.7. The Hall–Kier alpha value is -3.19. The van der Waals surface area contributed by atoms with Crippen molar-refractivity contribution in [3.63, 3.8) is 0 Å². The maximum absolute atomic E-state index is 13.8. The highest BCUT2D eigenvalue weighted by Gasteiger charge is 2.34. The molecule has 0 spiro atoms. The third-order valence-corrected chi connectivity index (χ3v) is 7.48. The first-order valence-electron chi connectivity index (χ1n) is 13.1. The van der Waals surface area contributed by atoms with E-state index in [1.54, 1.807) is 29.0 Å². The zero-order valence-corrected chi connectivity index (χ0v) is 21.7. The summed E-state index contributed by atoms with van der Waals surface area (Å²) in [7, 11) is 3.61. The molecule has 0 radical (unpaired) electrons. The number of nitrogens with one attached hydrogen (secondary N) is 2. The molecule has 1 atom stereocenters. The molecule has 0 bridgehead atoms. The lowest BCUT2D eigenvalue weighted by Crippen LogP contribution is -2.35. The Kier molecular flexibility index (Phi) is 8.41. The second-order valence-electron chi connectivity index (χ2n) is 10.2. The monoisotopic (exact) mass is 490 g/mol. The van der Waals surface area contributed by atoms with Gasteiger partial charge in [0.05, 0.1) is 23.8 Å². The Morgan fingerprint density at radius 1 is 1.11 bits per heavy atom. The highest BCUT2D eigenvalue weighted by molar-refractivity contribution is 6.06. The van der Waals surface area contributed by atoms with E-state index in [0.717, 1.165) is 17.5 Å². The Labute approximate surface area is 214 Å². The molecule has 1 fully saturated rings. The molecule has 0 saturated heterocycles. The van der Waals surface area contributed by atoms with E-state index < -0.39 is 6.04 Å². The molecule has 7 heteroatoms. The summed E-state index contributed by atoms with van der Waals surface area (Å²) in [6.07, 6.45) is 6.37. The molecule has 1 aliphatic carbocycles. The van der Waals surface area contributed by atoms with Crippen LogP contribution in [0, 0.1) is 12.8 Å². The molecule has 1 unspecified atom stereocenters. The van der Waals surface area contributed by atoms with Crippen LogP contribution in [0.15, 0.2) is 42.5 Å².